The lowest BCUT2D eigenvalue weighted by molar-refractivity contribution is -0.0522. The summed E-state index contributed by atoms with van der Waals surface area (Å²) in [5, 5.41) is 44.5. The third-order valence-corrected chi connectivity index (χ3v) is 2.00. The Bertz CT molecular complexity index is 115. The number of hydrogen-bond acceptors (Lipinski definition) is 5. The molecule has 5 nitrogen and oxygen atoms in total. The molecule has 5 heteroatoms. The van der Waals surface area contributed by atoms with Crippen LogP contribution in [0.3, 0.4) is 0 Å². The maximum atomic E-state index is 9.35. The Labute approximate surface area is 77.3 Å². The molecule has 0 aliphatic rings. The standard InChI is InChI=1S/C8H18O5/c9-3-1-2-7(12)8(13)6(4-10)5-11/h6-13H,1-5H2. The number of aliphatic hydroxyl groups is 5. The Morgan fingerprint density at radius 3 is 1.85 bits per heavy atom. The highest BCUT2D eigenvalue weighted by Gasteiger charge is 2.24. The van der Waals surface area contributed by atoms with Gasteiger partial charge in [0.05, 0.1) is 25.4 Å². The molecule has 0 saturated heterocycles. The third kappa shape index (κ3) is 4.54. The Hall–Kier alpha value is -0.200. The number of hydrogen-bond donors (Lipinski definition) is 5. The summed E-state index contributed by atoms with van der Waals surface area (Å²) in [6, 6.07) is 0. The van der Waals surface area contributed by atoms with Crippen LogP contribution in [0.4, 0.5) is 0 Å². The minimum absolute atomic E-state index is 0.0489. The summed E-state index contributed by atoms with van der Waals surface area (Å²) in [6.45, 7) is -0.783. The van der Waals surface area contributed by atoms with Gasteiger partial charge in [-0.05, 0) is 12.8 Å². The van der Waals surface area contributed by atoms with E-state index in [1.807, 2.05) is 0 Å². The van der Waals surface area contributed by atoms with E-state index in [2.05, 4.69) is 0 Å². The predicted molar refractivity (Wildman–Crippen MR) is 46.0 cm³/mol. The molecule has 0 aliphatic heterocycles. The van der Waals surface area contributed by atoms with Gasteiger partial charge in [-0.15, -0.1) is 0 Å². The van der Waals surface area contributed by atoms with Crippen LogP contribution >= 0.6 is 0 Å². The van der Waals surface area contributed by atoms with Gasteiger partial charge in [0.2, 0.25) is 0 Å². The maximum Gasteiger partial charge on any atom is 0.0871 e. The monoisotopic (exact) mass is 194 g/mol. The van der Waals surface area contributed by atoms with Crippen molar-refractivity contribution in [1.82, 2.24) is 0 Å². The van der Waals surface area contributed by atoms with Crippen molar-refractivity contribution in [2.24, 2.45) is 5.92 Å². The molecule has 0 rings (SSSR count). The minimum atomic E-state index is -1.14. The molecule has 0 heterocycles. The van der Waals surface area contributed by atoms with Crippen molar-refractivity contribution in [3.63, 3.8) is 0 Å². The molecule has 0 amide bonds. The molecular weight excluding hydrogens is 176 g/mol. The molecule has 0 aliphatic carbocycles. The molecule has 2 atom stereocenters. The average molecular weight is 194 g/mol. The van der Waals surface area contributed by atoms with Gasteiger partial charge >= 0.3 is 0 Å². The summed E-state index contributed by atoms with van der Waals surface area (Å²) in [6.07, 6.45) is -1.49. The van der Waals surface area contributed by atoms with Gasteiger partial charge in [-0.25, -0.2) is 0 Å². The van der Waals surface area contributed by atoms with Gasteiger partial charge in [-0.3, -0.25) is 0 Å². The van der Waals surface area contributed by atoms with Crippen LogP contribution in [-0.4, -0.2) is 57.6 Å². The summed E-state index contributed by atoms with van der Waals surface area (Å²) in [5.74, 6) is -0.714. The lowest BCUT2D eigenvalue weighted by atomic mass is 9.97. The molecule has 0 fully saturated rings. The second-order valence-electron chi connectivity index (χ2n) is 3.05. The van der Waals surface area contributed by atoms with Crippen LogP contribution in [0.25, 0.3) is 0 Å². The molecule has 2 unspecified atom stereocenters. The zero-order valence-corrected chi connectivity index (χ0v) is 7.50. The largest absolute Gasteiger partial charge is 0.396 e. The van der Waals surface area contributed by atoms with E-state index in [9.17, 15) is 10.2 Å². The van der Waals surface area contributed by atoms with E-state index in [0.29, 0.717) is 6.42 Å². The molecule has 0 aromatic heterocycles. The first-order valence-corrected chi connectivity index (χ1v) is 4.36. The fourth-order valence-electron chi connectivity index (χ4n) is 1.06. The van der Waals surface area contributed by atoms with E-state index in [1.54, 1.807) is 0 Å². The Balaban J connectivity index is 3.83. The van der Waals surface area contributed by atoms with Crippen molar-refractivity contribution >= 4 is 0 Å². The van der Waals surface area contributed by atoms with E-state index in [0.717, 1.165) is 0 Å². The third-order valence-electron chi connectivity index (χ3n) is 2.00. The van der Waals surface area contributed by atoms with Crippen molar-refractivity contribution < 1.29 is 25.5 Å². The highest BCUT2D eigenvalue weighted by atomic mass is 16.3. The van der Waals surface area contributed by atoms with E-state index in [-0.39, 0.29) is 26.2 Å². The van der Waals surface area contributed by atoms with Crippen LogP contribution in [0.2, 0.25) is 0 Å². The molecular formula is C8H18O5. The zero-order chi connectivity index (χ0) is 10.3. The second kappa shape index (κ2) is 7.23. The average Bonchev–Trinajstić information content (AvgIpc) is 2.15. The quantitative estimate of drug-likeness (QED) is 0.325. The van der Waals surface area contributed by atoms with Gasteiger partial charge in [0, 0.05) is 12.5 Å². The summed E-state index contributed by atoms with van der Waals surface area (Å²) in [7, 11) is 0. The first-order valence-electron chi connectivity index (χ1n) is 4.36. The highest BCUT2D eigenvalue weighted by molar-refractivity contribution is 4.74. The predicted octanol–water partition coefficient (Wildman–Crippen LogP) is -1.92. The summed E-state index contributed by atoms with van der Waals surface area (Å²) in [4.78, 5) is 0. The number of aliphatic hydroxyl groups excluding tert-OH is 5. The van der Waals surface area contributed by atoms with Gasteiger partial charge in [0.15, 0.2) is 0 Å². The Morgan fingerprint density at radius 2 is 1.46 bits per heavy atom. The van der Waals surface area contributed by atoms with Crippen molar-refractivity contribution in [3.8, 4) is 0 Å². The van der Waals surface area contributed by atoms with Crippen LogP contribution in [0.1, 0.15) is 12.8 Å². The smallest absolute Gasteiger partial charge is 0.0871 e. The molecule has 13 heavy (non-hydrogen) atoms. The van der Waals surface area contributed by atoms with Crippen molar-refractivity contribution in [2.75, 3.05) is 19.8 Å². The lowest BCUT2D eigenvalue weighted by Gasteiger charge is -2.23. The first-order chi connectivity index (χ1) is 6.17. The van der Waals surface area contributed by atoms with Gasteiger partial charge in [-0.1, -0.05) is 0 Å². The minimum Gasteiger partial charge on any atom is -0.396 e. The SMILES string of the molecule is OCCCC(O)C(O)C(CO)CO. The molecule has 0 aromatic rings. The highest BCUT2D eigenvalue weighted by Crippen LogP contribution is 2.11. The van der Waals surface area contributed by atoms with E-state index in [4.69, 9.17) is 15.3 Å². The zero-order valence-electron chi connectivity index (χ0n) is 7.50. The summed E-state index contributed by atoms with van der Waals surface area (Å²) in [5.41, 5.74) is 0. The van der Waals surface area contributed by atoms with Crippen LogP contribution in [-0.2, 0) is 0 Å². The molecule has 0 radical (unpaired) electrons. The first kappa shape index (κ1) is 12.8. The topological polar surface area (TPSA) is 101 Å². The molecule has 5 N–H and O–H groups in total. The number of rotatable bonds is 7. The Morgan fingerprint density at radius 1 is 0.923 bits per heavy atom. The maximum absolute atomic E-state index is 9.35. The molecule has 80 valence electrons. The fourth-order valence-corrected chi connectivity index (χ4v) is 1.06. The Kier molecular flexibility index (Phi) is 7.12. The van der Waals surface area contributed by atoms with Gasteiger partial charge in [0.25, 0.3) is 0 Å². The van der Waals surface area contributed by atoms with Crippen molar-refractivity contribution in [1.29, 1.82) is 0 Å². The van der Waals surface area contributed by atoms with Crippen LogP contribution < -0.4 is 0 Å². The van der Waals surface area contributed by atoms with E-state index in [1.165, 1.54) is 0 Å². The van der Waals surface area contributed by atoms with Gasteiger partial charge < -0.3 is 25.5 Å². The summed E-state index contributed by atoms with van der Waals surface area (Å²) >= 11 is 0. The van der Waals surface area contributed by atoms with Crippen LogP contribution in [0, 0.1) is 5.92 Å². The van der Waals surface area contributed by atoms with Crippen LogP contribution in [0.5, 0.6) is 0 Å². The normalized spacial score (nSPS) is 16.2. The van der Waals surface area contributed by atoms with E-state index < -0.39 is 18.1 Å². The van der Waals surface area contributed by atoms with Gasteiger partial charge in [-0.2, -0.15) is 0 Å². The summed E-state index contributed by atoms with van der Waals surface area (Å²) < 4.78 is 0. The molecule has 0 bridgehead atoms. The van der Waals surface area contributed by atoms with Crippen molar-refractivity contribution in [2.45, 2.75) is 25.0 Å². The fraction of sp³-hybridized carbons (Fsp3) is 1.00. The molecule has 0 saturated carbocycles. The lowest BCUT2D eigenvalue weighted by Crippen LogP contribution is -2.37. The molecule has 0 aromatic carbocycles. The van der Waals surface area contributed by atoms with Gasteiger partial charge in [0.1, 0.15) is 0 Å². The molecule has 0 spiro atoms. The van der Waals surface area contributed by atoms with Crippen molar-refractivity contribution in [3.05, 3.63) is 0 Å². The van der Waals surface area contributed by atoms with E-state index >= 15 is 0 Å². The van der Waals surface area contributed by atoms with Crippen LogP contribution in [0.15, 0.2) is 0 Å². The second-order valence-corrected chi connectivity index (χ2v) is 3.05.